The Labute approximate surface area is 457 Å². The van der Waals surface area contributed by atoms with Crippen LogP contribution in [0.2, 0.25) is 0 Å². The lowest BCUT2D eigenvalue weighted by Gasteiger charge is -2.18. The number of allylic oxidation sites excluding steroid dienone is 24. The standard InChI is InChI=1S/C69H112O5/c1-4-7-10-13-16-19-22-25-28-31-34-37-40-43-46-49-52-55-58-61-64-72-65-67(74-69(71)63-60-57-54-51-48-45-42-39-36-33-30-27-24-21-18-15-12-9-6-3)66-73-68(70)62-59-56-53-50-47-44-41-38-35-32-29-26-23-20-17-14-11-8-5-2/h7-8,10-11,16-17,19-20,25-30,34-35,37-38,43-44,46-47,53,56,67H,4-6,9,12-15,18,21-24,31-33,36,39-42,45,48-52,54-55,57-66H2,1-3H3/b10-7-,11-8-,19-16-,20-17-,28-25-,29-26-,30-27-,37-34-,38-35-,46-43-,47-44-,56-53-. The molecule has 1 atom stereocenters. The van der Waals surface area contributed by atoms with Crippen LogP contribution in [0.3, 0.4) is 0 Å². The molecule has 0 spiro atoms. The van der Waals surface area contributed by atoms with Crippen molar-refractivity contribution < 1.29 is 23.8 Å². The first-order chi connectivity index (χ1) is 36.6. The molecule has 0 saturated carbocycles. The topological polar surface area (TPSA) is 61.8 Å². The van der Waals surface area contributed by atoms with Crippen molar-refractivity contribution in [3.05, 3.63) is 146 Å². The van der Waals surface area contributed by atoms with Crippen molar-refractivity contribution in [2.24, 2.45) is 0 Å². The van der Waals surface area contributed by atoms with Gasteiger partial charge >= 0.3 is 11.9 Å². The highest BCUT2D eigenvalue weighted by Gasteiger charge is 2.17. The predicted octanol–water partition coefficient (Wildman–Crippen LogP) is 21.2. The molecule has 0 N–H and O–H groups in total. The summed E-state index contributed by atoms with van der Waals surface area (Å²) >= 11 is 0. The van der Waals surface area contributed by atoms with Gasteiger partial charge in [-0.1, -0.05) is 256 Å². The first-order valence-corrected chi connectivity index (χ1v) is 30.4. The van der Waals surface area contributed by atoms with Gasteiger partial charge in [0.05, 0.1) is 6.61 Å². The molecular formula is C69H112O5. The zero-order valence-corrected chi connectivity index (χ0v) is 48.1. The van der Waals surface area contributed by atoms with E-state index in [-0.39, 0.29) is 25.2 Å². The van der Waals surface area contributed by atoms with E-state index in [9.17, 15) is 9.59 Å². The number of ether oxygens (including phenoxy) is 3. The normalized spacial score (nSPS) is 13.3. The first kappa shape index (κ1) is 69.8. The monoisotopic (exact) mass is 1020 g/mol. The quantitative estimate of drug-likeness (QED) is 0.0345. The zero-order chi connectivity index (χ0) is 53.4. The van der Waals surface area contributed by atoms with Crippen molar-refractivity contribution in [3.63, 3.8) is 0 Å². The molecule has 0 aliphatic heterocycles. The van der Waals surface area contributed by atoms with Crippen LogP contribution in [-0.4, -0.2) is 37.9 Å². The maximum atomic E-state index is 12.9. The molecular weight excluding hydrogens is 909 g/mol. The Balaban J connectivity index is 4.47. The molecule has 0 amide bonds. The SMILES string of the molecule is CC/C=C\C/C=C\C/C=C\C/C=C\C/C=C\C/C=C\CCC(=O)OCC(COCCCCCC/C=C\C/C=C\C/C=C\C/C=C\C/C=C\CC)OC(=O)CCCCCCCCCCC/C=C\CCCCCCCC. The highest BCUT2D eigenvalue weighted by molar-refractivity contribution is 5.70. The second-order valence-electron chi connectivity index (χ2n) is 19.5. The van der Waals surface area contributed by atoms with Gasteiger partial charge < -0.3 is 14.2 Å². The second kappa shape index (κ2) is 63.1. The third kappa shape index (κ3) is 60.3. The van der Waals surface area contributed by atoms with Crippen molar-refractivity contribution in [2.75, 3.05) is 19.8 Å². The van der Waals surface area contributed by atoms with Gasteiger partial charge in [0.1, 0.15) is 6.61 Å². The van der Waals surface area contributed by atoms with E-state index in [1.165, 1.54) is 89.9 Å². The van der Waals surface area contributed by atoms with Crippen molar-refractivity contribution >= 4 is 11.9 Å². The summed E-state index contributed by atoms with van der Waals surface area (Å²) in [6, 6.07) is 0. The van der Waals surface area contributed by atoms with E-state index >= 15 is 0 Å². The van der Waals surface area contributed by atoms with Crippen LogP contribution in [0.25, 0.3) is 0 Å². The summed E-state index contributed by atoms with van der Waals surface area (Å²) in [6.45, 7) is 7.46. The Bertz CT molecular complexity index is 1580. The molecule has 0 aliphatic rings. The summed E-state index contributed by atoms with van der Waals surface area (Å²) in [6.07, 6.45) is 91.7. The average Bonchev–Trinajstić information content (AvgIpc) is 3.40. The fourth-order valence-electron chi connectivity index (χ4n) is 7.91. The van der Waals surface area contributed by atoms with E-state index in [0.29, 0.717) is 25.9 Å². The van der Waals surface area contributed by atoms with E-state index in [1.807, 2.05) is 6.08 Å². The molecule has 0 bridgehead atoms. The van der Waals surface area contributed by atoms with Crippen LogP contribution in [0.5, 0.6) is 0 Å². The van der Waals surface area contributed by atoms with Crippen molar-refractivity contribution in [2.45, 2.75) is 258 Å². The minimum atomic E-state index is -0.594. The molecule has 0 rings (SSSR count). The third-order valence-electron chi connectivity index (χ3n) is 12.4. The molecule has 5 heteroatoms. The van der Waals surface area contributed by atoms with Crippen LogP contribution in [0.15, 0.2) is 146 Å². The molecule has 0 saturated heterocycles. The Morgan fingerprint density at radius 1 is 0.311 bits per heavy atom. The van der Waals surface area contributed by atoms with E-state index in [2.05, 4.69) is 161 Å². The molecule has 0 radical (unpaired) electrons. The van der Waals surface area contributed by atoms with Gasteiger partial charge in [-0.2, -0.15) is 0 Å². The molecule has 418 valence electrons. The molecule has 0 aromatic carbocycles. The van der Waals surface area contributed by atoms with Crippen LogP contribution in [0, 0.1) is 0 Å². The Morgan fingerprint density at radius 2 is 0.635 bits per heavy atom. The molecule has 0 aromatic heterocycles. The minimum Gasteiger partial charge on any atom is -0.462 e. The third-order valence-corrected chi connectivity index (χ3v) is 12.4. The smallest absolute Gasteiger partial charge is 0.306 e. The van der Waals surface area contributed by atoms with Gasteiger partial charge in [0.25, 0.3) is 0 Å². The van der Waals surface area contributed by atoms with Crippen molar-refractivity contribution in [1.29, 1.82) is 0 Å². The Hall–Kier alpha value is -4.22. The van der Waals surface area contributed by atoms with Gasteiger partial charge in [0.15, 0.2) is 6.10 Å². The lowest BCUT2D eigenvalue weighted by molar-refractivity contribution is -0.162. The van der Waals surface area contributed by atoms with Crippen LogP contribution in [-0.2, 0) is 23.8 Å². The summed E-state index contributed by atoms with van der Waals surface area (Å²) in [4.78, 5) is 25.6. The van der Waals surface area contributed by atoms with E-state index in [4.69, 9.17) is 14.2 Å². The maximum Gasteiger partial charge on any atom is 0.306 e. The van der Waals surface area contributed by atoms with E-state index in [1.54, 1.807) is 0 Å². The lowest BCUT2D eigenvalue weighted by atomic mass is 10.1. The van der Waals surface area contributed by atoms with E-state index < -0.39 is 6.10 Å². The zero-order valence-electron chi connectivity index (χ0n) is 48.1. The molecule has 0 aromatic rings. The van der Waals surface area contributed by atoms with Gasteiger partial charge in [-0.25, -0.2) is 0 Å². The molecule has 5 nitrogen and oxygen atoms in total. The van der Waals surface area contributed by atoms with Gasteiger partial charge in [-0.05, 0) is 128 Å². The minimum absolute atomic E-state index is 0.0249. The second-order valence-corrected chi connectivity index (χ2v) is 19.5. The number of rotatable bonds is 54. The summed E-state index contributed by atoms with van der Waals surface area (Å²) in [5.74, 6) is -0.516. The molecule has 0 fully saturated rings. The van der Waals surface area contributed by atoms with Gasteiger partial charge in [-0.3, -0.25) is 9.59 Å². The van der Waals surface area contributed by atoms with Crippen molar-refractivity contribution in [3.8, 4) is 0 Å². The first-order valence-electron chi connectivity index (χ1n) is 30.4. The molecule has 0 heterocycles. The number of hydrogen-bond donors (Lipinski definition) is 0. The maximum absolute atomic E-state index is 12.9. The highest BCUT2D eigenvalue weighted by atomic mass is 16.6. The predicted molar refractivity (Wildman–Crippen MR) is 325 cm³/mol. The number of esters is 2. The Kier molecular flexibility index (Phi) is 59.5. The number of hydrogen-bond acceptors (Lipinski definition) is 5. The van der Waals surface area contributed by atoms with Gasteiger partial charge in [0.2, 0.25) is 0 Å². The number of carbonyl (C=O) groups is 2. The molecule has 1 unspecified atom stereocenters. The lowest BCUT2D eigenvalue weighted by Crippen LogP contribution is -2.30. The molecule has 74 heavy (non-hydrogen) atoms. The average molecular weight is 1020 g/mol. The number of unbranched alkanes of at least 4 members (excludes halogenated alkanes) is 19. The summed E-state index contributed by atoms with van der Waals surface area (Å²) in [5, 5.41) is 0. The van der Waals surface area contributed by atoms with Crippen LogP contribution >= 0.6 is 0 Å². The van der Waals surface area contributed by atoms with Crippen molar-refractivity contribution in [1.82, 2.24) is 0 Å². The highest BCUT2D eigenvalue weighted by Crippen LogP contribution is 2.14. The number of carbonyl (C=O) groups excluding carboxylic acids is 2. The summed E-state index contributed by atoms with van der Waals surface area (Å²) in [5.41, 5.74) is 0. The fraction of sp³-hybridized carbons (Fsp3) is 0.623. The largest absolute Gasteiger partial charge is 0.462 e. The van der Waals surface area contributed by atoms with Gasteiger partial charge in [0, 0.05) is 19.4 Å². The van der Waals surface area contributed by atoms with Gasteiger partial charge in [-0.15, -0.1) is 0 Å². The van der Waals surface area contributed by atoms with Crippen LogP contribution < -0.4 is 0 Å². The summed E-state index contributed by atoms with van der Waals surface area (Å²) < 4.78 is 17.4. The Morgan fingerprint density at radius 3 is 1.04 bits per heavy atom. The van der Waals surface area contributed by atoms with Crippen LogP contribution in [0.4, 0.5) is 0 Å². The van der Waals surface area contributed by atoms with E-state index in [0.717, 1.165) is 122 Å². The van der Waals surface area contributed by atoms with Crippen LogP contribution in [0.1, 0.15) is 252 Å². The molecule has 0 aliphatic carbocycles. The fourth-order valence-corrected chi connectivity index (χ4v) is 7.91. The summed E-state index contributed by atoms with van der Waals surface area (Å²) in [7, 11) is 0.